The molecule has 0 aromatic carbocycles. The van der Waals surface area contributed by atoms with Crippen molar-refractivity contribution < 1.29 is 24.9 Å². The second kappa shape index (κ2) is 7.42. The zero-order valence-electron chi connectivity index (χ0n) is 23.1. The highest BCUT2D eigenvalue weighted by Gasteiger charge is 2.72. The Kier molecular flexibility index (Phi) is 5.49. The van der Waals surface area contributed by atoms with Crippen LogP contribution in [0.25, 0.3) is 0 Å². The van der Waals surface area contributed by atoms with Gasteiger partial charge in [0.05, 0.1) is 23.4 Å². The van der Waals surface area contributed by atoms with E-state index in [1.165, 1.54) is 5.57 Å². The van der Waals surface area contributed by atoms with Crippen molar-refractivity contribution in [1.82, 2.24) is 0 Å². The topological polar surface area (TPSA) is 87.0 Å². The lowest BCUT2D eigenvalue weighted by Crippen LogP contribution is -2.65. The van der Waals surface area contributed by atoms with Crippen molar-refractivity contribution in [1.29, 1.82) is 0 Å². The molecule has 10 atom stereocenters. The Bertz CT molecular complexity index is 947. The number of carbonyl (C=O) groups is 1. The minimum Gasteiger partial charge on any atom is -0.389 e. The second-order valence-electron chi connectivity index (χ2n) is 14.8. The molecule has 0 aromatic rings. The summed E-state index contributed by atoms with van der Waals surface area (Å²) in [7, 11) is 0. The molecular weight excluding hydrogens is 440 g/mol. The van der Waals surface area contributed by atoms with Gasteiger partial charge in [-0.2, -0.15) is 0 Å². The van der Waals surface area contributed by atoms with Crippen molar-refractivity contribution >= 4 is 5.78 Å². The first kappa shape index (κ1) is 25.9. The Morgan fingerprint density at radius 3 is 2.37 bits per heavy atom. The second-order valence-corrected chi connectivity index (χ2v) is 14.8. The molecule has 0 aromatic heterocycles. The van der Waals surface area contributed by atoms with E-state index >= 15 is 0 Å². The monoisotopic (exact) mass is 488 g/mol. The lowest BCUT2D eigenvalue weighted by Gasteiger charge is -2.68. The SMILES string of the molecule is CC1CC(C(O)C(C)(C)O)OC12CCC1(C)C2=CC(O)C2C3(C)CCC(=O)C(C)(C)C3CCC21C. The lowest BCUT2D eigenvalue weighted by atomic mass is 9.36. The van der Waals surface area contributed by atoms with Crippen molar-refractivity contribution in [2.75, 3.05) is 0 Å². The Hall–Kier alpha value is -0.750. The van der Waals surface area contributed by atoms with E-state index < -0.39 is 29.5 Å². The molecule has 0 amide bonds. The van der Waals surface area contributed by atoms with Gasteiger partial charge in [0.15, 0.2) is 0 Å². The minimum atomic E-state index is -1.23. The highest BCUT2D eigenvalue weighted by atomic mass is 16.5. The van der Waals surface area contributed by atoms with E-state index in [2.05, 4.69) is 47.6 Å². The van der Waals surface area contributed by atoms with E-state index in [9.17, 15) is 20.1 Å². The summed E-state index contributed by atoms with van der Waals surface area (Å²) in [5, 5.41) is 33.2. The molecule has 5 heteroatoms. The first-order valence-corrected chi connectivity index (χ1v) is 14.0. The number of carbonyl (C=O) groups excluding carboxylic acids is 1. The standard InChI is InChI=1S/C30H48O5/c1-17-15-19(24(33)26(4,5)34)35-30(17)14-13-28(7)21(30)16-18(31)23-27(6)11-10-22(32)25(2,3)20(27)9-12-29(23,28)8/h16-20,23-24,31,33-34H,9-15H2,1-8H3. The van der Waals surface area contributed by atoms with Crippen LogP contribution in [0.15, 0.2) is 11.6 Å². The van der Waals surface area contributed by atoms with Crippen LogP contribution in [0.3, 0.4) is 0 Å². The van der Waals surface area contributed by atoms with Gasteiger partial charge in [-0.1, -0.05) is 47.6 Å². The Morgan fingerprint density at radius 2 is 1.74 bits per heavy atom. The average molecular weight is 489 g/mol. The number of ether oxygens (including phenoxy) is 1. The first-order chi connectivity index (χ1) is 15.9. The minimum absolute atomic E-state index is 0.0909. The number of rotatable bonds is 2. The summed E-state index contributed by atoms with van der Waals surface area (Å²) in [6, 6.07) is 0. The van der Waals surface area contributed by atoms with Gasteiger partial charge in [-0.3, -0.25) is 4.79 Å². The molecule has 0 radical (unpaired) electrons. The van der Waals surface area contributed by atoms with Crippen LogP contribution >= 0.6 is 0 Å². The third-order valence-corrected chi connectivity index (χ3v) is 12.4. The Balaban J connectivity index is 1.57. The Labute approximate surface area is 211 Å². The van der Waals surface area contributed by atoms with E-state index in [-0.39, 0.29) is 39.4 Å². The molecule has 5 rings (SSSR count). The van der Waals surface area contributed by atoms with E-state index in [0.717, 1.165) is 32.1 Å². The predicted octanol–water partition coefficient (Wildman–Crippen LogP) is 4.81. The van der Waals surface area contributed by atoms with Crippen molar-refractivity contribution in [2.24, 2.45) is 39.4 Å². The molecule has 0 bridgehead atoms. The molecule has 198 valence electrons. The molecule has 1 spiro atoms. The van der Waals surface area contributed by atoms with Gasteiger partial charge >= 0.3 is 0 Å². The van der Waals surface area contributed by atoms with Gasteiger partial charge in [0.1, 0.15) is 11.9 Å². The number of aliphatic hydroxyl groups excluding tert-OH is 2. The van der Waals surface area contributed by atoms with Crippen LogP contribution in [0.1, 0.15) is 100 Å². The van der Waals surface area contributed by atoms with Gasteiger partial charge < -0.3 is 20.1 Å². The number of ketones is 1. The predicted molar refractivity (Wildman–Crippen MR) is 136 cm³/mol. The van der Waals surface area contributed by atoms with Crippen molar-refractivity contribution in [2.45, 2.75) is 130 Å². The number of Topliss-reactive ketones (excluding diaryl/α,β-unsaturated/α-hetero) is 1. The summed E-state index contributed by atoms with van der Waals surface area (Å²) in [6.45, 7) is 16.9. The van der Waals surface area contributed by atoms with Gasteiger partial charge in [0.25, 0.3) is 0 Å². The van der Waals surface area contributed by atoms with Gasteiger partial charge in [-0.15, -0.1) is 0 Å². The van der Waals surface area contributed by atoms with Crippen LogP contribution in [0, 0.1) is 39.4 Å². The van der Waals surface area contributed by atoms with Crippen molar-refractivity contribution in [3.63, 3.8) is 0 Å². The summed E-state index contributed by atoms with van der Waals surface area (Å²) < 4.78 is 6.76. The lowest BCUT2D eigenvalue weighted by molar-refractivity contribution is -0.197. The number of fused-ring (bicyclic) bond motifs is 6. The third-order valence-electron chi connectivity index (χ3n) is 12.4. The first-order valence-electron chi connectivity index (χ1n) is 14.0. The van der Waals surface area contributed by atoms with E-state index in [0.29, 0.717) is 18.6 Å². The fourth-order valence-electron chi connectivity index (χ4n) is 10.3. The molecule has 5 nitrogen and oxygen atoms in total. The number of hydrogen-bond donors (Lipinski definition) is 3. The summed E-state index contributed by atoms with van der Waals surface area (Å²) >= 11 is 0. The summed E-state index contributed by atoms with van der Waals surface area (Å²) in [6.07, 6.45) is 6.23. The van der Waals surface area contributed by atoms with Crippen molar-refractivity contribution in [3.05, 3.63) is 11.6 Å². The molecule has 1 heterocycles. The normalized spacial score (nSPS) is 52.0. The van der Waals surface area contributed by atoms with Crippen LogP contribution < -0.4 is 0 Å². The maximum atomic E-state index is 12.9. The largest absolute Gasteiger partial charge is 0.389 e. The highest BCUT2D eigenvalue weighted by Crippen LogP contribution is 2.75. The van der Waals surface area contributed by atoms with Crippen LogP contribution in [-0.4, -0.2) is 50.6 Å². The fourth-order valence-corrected chi connectivity index (χ4v) is 10.3. The zero-order chi connectivity index (χ0) is 26.0. The average Bonchev–Trinajstić information content (AvgIpc) is 3.22. The highest BCUT2D eigenvalue weighted by molar-refractivity contribution is 5.85. The van der Waals surface area contributed by atoms with Gasteiger partial charge in [0.2, 0.25) is 0 Å². The smallest absolute Gasteiger partial charge is 0.138 e. The van der Waals surface area contributed by atoms with Gasteiger partial charge in [-0.25, -0.2) is 0 Å². The molecule has 3 saturated carbocycles. The molecule has 35 heavy (non-hydrogen) atoms. The van der Waals surface area contributed by atoms with Gasteiger partial charge in [-0.05, 0) is 86.0 Å². The van der Waals surface area contributed by atoms with Crippen LogP contribution in [0.5, 0.6) is 0 Å². The quantitative estimate of drug-likeness (QED) is 0.486. The van der Waals surface area contributed by atoms with Gasteiger partial charge in [0, 0.05) is 17.8 Å². The summed E-state index contributed by atoms with van der Waals surface area (Å²) in [4.78, 5) is 12.9. The van der Waals surface area contributed by atoms with E-state index in [4.69, 9.17) is 4.74 Å². The molecule has 1 aliphatic heterocycles. The van der Waals surface area contributed by atoms with E-state index in [1.807, 2.05) is 0 Å². The van der Waals surface area contributed by atoms with Crippen LogP contribution in [-0.2, 0) is 9.53 Å². The summed E-state index contributed by atoms with van der Waals surface area (Å²) in [5.74, 6) is 0.953. The molecule has 10 unspecified atom stereocenters. The maximum Gasteiger partial charge on any atom is 0.138 e. The van der Waals surface area contributed by atoms with Crippen LogP contribution in [0.2, 0.25) is 0 Å². The molecule has 1 saturated heterocycles. The van der Waals surface area contributed by atoms with E-state index in [1.54, 1.807) is 13.8 Å². The van der Waals surface area contributed by atoms with Crippen molar-refractivity contribution in [3.8, 4) is 0 Å². The maximum absolute atomic E-state index is 12.9. The fraction of sp³-hybridized carbons (Fsp3) is 0.900. The molecule has 4 fully saturated rings. The summed E-state index contributed by atoms with van der Waals surface area (Å²) in [5.41, 5.74) is -1.15. The molecular formula is C30H48O5. The molecule has 5 aliphatic rings. The third kappa shape index (κ3) is 3.11. The van der Waals surface area contributed by atoms with Crippen LogP contribution in [0.4, 0.5) is 0 Å². The number of hydrogen-bond acceptors (Lipinski definition) is 5. The zero-order valence-corrected chi connectivity index (χ0v) is 23.1. The molecule has 4 aliphatic carbocycles. The Morgan fingerprint density at radius 1 is 1.09 bits per heavy atom. The number of aliphatic hydroxyl groups is 3. The molecule has 3 N–H and O–H groups in total.